The van der Waals surface area contributed by atoms with E-state index in [1.807, 2.05) is 43.3 Å². The Morgan fingerprint density at radius 1 is 1.03 bits per heavy atom. The van der Waals surface area contributed by atoms with Crippen LogP contribution in [0.1, 0.15) is 35.3 Å². The normalized spacial score (nSPS) is 11.9. The Balaban J connectivity index is 2.11. The van der Waals surface area contributed by atoms with Crippen LogP contribution in [0.3, 0.4) is 0 Å². The number of anilines is 1. The Kier molecular flexibility index (Phi) is 6.98. The van der Waals surface area contributed by atoms with E-state index in [-0.39, 0.29) is 5.91 Å². The van der Waals surface area contributed by atoms with Gasteiger partial charge in [-0.05, 0) is 62.6 Å². The van der Waals surface area contributed by atoms with Crippen LogP contribution in [-0.2, 0) is 0 Å². The first-order valence-corrected chi connectivity index (χ1v) is 11.8. The summed E-state index contributed by atoms with van der Waals surface area (Å²) < 4.78 is 6.44. The highest BCUT2D eigenvalue weighted by atomic mass is 16.3. The monoisotopic (exact) mass is 456 g/mol. The number of nitrogens with two attached hydrogens (primary N) is 1. The summed E-state index contributed by atoms with van der Waals surface area (Å²) >= 11 is 0. The molecule has 4 N–H and O–H groups in total. The molecule has 0 unspecified atom stereocenters. The maximum absolute atomic E-state index is 13.1. The van der Waals surface area contributed by atoms with Crippen molar-refractivity contribution in [3.8, 4) is 22.5 Å². The van der Waals surface area contributed by atoms with Gasteiger partial charge in [-0.3, -0.25) is 9.79 Å². The molecule has 1 heterocycles. The molecule has 0 spiro atoms. The van der Waals surface area contributed by atoms with Crippen LogP contribution in [0.4, 0.5) is 5.69 Å². The highest BCUT2D eigenvalue weighted by Gasteiger charge is 2.22. The van der Waals surface area contributed by atoms with Gasteiger partial charge in [-0.2, -0.15) is 0 Å². The molecule has 0 atom stereocenters. The minimum Gasteiger partial charge on any atom is -0.456 e. The van der Waals surface area contributed by atoms with Gasteiger partial charge in [-0.15, -0.1) is 0 Å². The standard InChI is InChI=1S/C28H32N4O2/c1-5-30-23-15-25-21(13-17(23)3)27(19-9-7-8-10-20(19)28(33)32-12-11-29)22-14-18(4)24(31-6-2)16-26(22)34-25/h7-10,13-16,30H,5-6,11-12,29H2,1-4H3,(H,32,33). The molecule has 0 aromatic heterocycles. The third-order valence-corrected chi connectivity index (χ3v) is 5.95. The van der Waals surface area contributed by atoms with Gasteiger partial charge in [0.1, 0.15) is 11.3 Å². The van der Waals surface area contributed by atoms with Crippen LogP contribution in [0.5, 0.6) is 0 Å². The quantitative estimate of drug-likeness (QED) is 0.346. The Morgan fingerprint density at radius 3 is 2.56 bits per heavy atom. The second-order valence-corrected chi connectivity index (χ2v) is 8.37. The van der Waals surface area contributed by atoms with E-state index in [0.29, 0.717) is 25.2 Å². The van der Waals surface area contributed by atoms with Crippen LogP contribution in [0.15, 0.2) is 57.9 Å². The molecule has 1 amide bonds. The largest absolute Gasteiger partial charge is 0.456 e. The Hall–Kier alpha value is -3.64. The third kappa shape index (κ3) is 4.41. The summed E-state index contributed by atoms with van der Waals surface area (Å²) in [6, 6.07) is 16.0. The fourth-order valence-electron chi connectivity index (χ4n) is 4.38. The molecule has 6 nitrogen and oxygen atoms in total. The second-order valence-electron chi connectivity index (χ2n) is 8.37. The average Bonchev–Trinajstić information content (AvgIpc) is 2.83. The number of nitrogens with one attached hydrogen (secondary N) is 2. The van der Waals surface area contributed by atoms with E-state index < -0.39 is 0 Å². The van der Waals surface area contributed by atoms with Crippen molar-refractivity contribution in [3.05, 3.63) is 70.6 Å². The summed E-state index contributed by atoms with van der Waals surface area (Å²) in [7, 11) is 0. The average molecular weight is 457 g/mol. The second kappa shape index (κ2) is 10.1. The number of fused-ring (bicyclic) bond motifs is 2. The van der Waals surface area contributed by atoms with Crippen LogP contribution in [0, 0.1) is 13.8 Å². The molecule has 6 heteroatoms. The van der Waals surface area contributed by atoms with Crippen molar-refractivity contribution in [2.75, 3.05) is 31.5 Å². The smallest absolute Gasteiger partial charge is 0.251 e. The molecule has 2 aromatic carbocycles. The summed E-state index contributed by atoms with van der Waals surface area (Å²) in [5, 5.41) is 8.21. The molecular formula is C28H32N4O2. The predicted octanol–water partition coefficient (Wildman–Crippen LogP) is 4.86. The van der Waals surface area contributed by atoms with Crippen molar-refractivity contribution < 1.29 is 9.21 Å². The van der Waals surface area contributed by atoms with Gasteiger partial charge in [0.05, 0.1) is 5.36 Å². The number of hydrogen-bond donors (Lipinski definition) is 3. The summed E-state index contributed by atoms with van der Waals surface area (Å²) in [5.74, 6) is 0.599. The van der Waals surface area contributed by atoms with Crippen LogP contribution in [-0.4, -0.2) is 32.1 Å². The first-order chi connectivity index (χ1) is 16.5. The van der Waals surface area contributed by atoms with Crippen molar-refractivity contribution in [1.82, 2.24) is 5.32 Å². The van der Waals surface area contributed by atoms with Crippen molar-refractivity contribution in [1.29, 1.82) is 0 Å². The number of rotatable bonds is 7. The highest BCUT2D eigenvalue weighted by Crippen LogP contribution is 2.42. The number of nitrogens with zero attached hydrogens (tertiary/aromatic N) is 1. The topological polar surface area (TPSA) is 92.6 Å². The van der Waals surface area contributed by atoms with E-state index in [1.54, 1.807) is 0 Å². The van der Waals surface area contributed by atoms with Crippen molar-refractivity contribution in [2.45, 2.75) is 27.7 Å². The molecule has 0 fully saturated rings. The van der Waals surface area contributed by atoms with Gasteiger partial charge in [-0.1, -0.05) is 18.2 Å². The fourth-order valence-corrected chi connectivity index (χ4v) is 4.38. The lowest BCUT2D eigenvalue weighted by Crippen LogP contribution is -2.29. The zero-order chi connectivity index (χ0) is 24.2. The molecule has 4 rings (SSSR count). The first kappa shape index (κ1) is 23.5. The lowest BCUT2D eigenvalue weighted by molar-refractivity contribution is 0.0955. The van der Waals surface area contributed by atoms with E-state index in [2.05, 4.69) is 48.5 Å². The zero-order valence-corrected chi connectivity index (χ0v) is 20.3. The molecule has 0 radical (unpaired) electrons. The van der Waals surface area contributed by atoms with Crippen LogP contribution >= 0.6 is 0 Å². The molecule has 2 aliphatic rings. The van der Waals surface area contributed by atoms with Gasteiger partial charge in [0.2, 0.25) is 0 Å². The van der Waals surface area contributed by atoms with Crippen molar-refractivity contribution in [2.24, 2.45) is 10.7 Å². The SMILES string of the molecule is CCN=c1cc2oc3cc(NCC)c(C)cc3c(-c3ccccc3C(=O)NCCN)c-2cc1C. The molecule has 1 aliphatic carbocycles. The van der Waals surface area contributed by atoms with E-state index in [4.69, 9.17) is 10.2 Å². The third-order valence-electron chi connectivity index (χ3n) is 5.95. The maximum atomic E-state index is 13.1. The Bertz CT molecular complexity index is 1390. The highest BCUT2D eigenvalue weighted by molar-refractivity contribution is 6.09. The van der Waals surface area contributed by atoms with Gasteiger partial charge in [-0.25, -0.2) is 0 Å². The number of aryl methyl sites for hydroxylation is 2. The molecule has 1 aliphatic heterocycles. The predicted molar refractivity (Wildman–Crippen MR) is 139 cm³/mol. The summed E-state index contributed by atoms with van der Waals surface area (Å²) in [4.78, 5) is 17.7. The molecule has 176 valence electrons. The number of hydrogen-bond acceptors (Lipinski definition) is 5. The van der Waals surface area contributed by atoms with Crippen LogP contribution in [0.25, 0.3) is 33.4 Å². The lowest BCUT2D eigenvalue weighted by atomic mass is 9.89. The fraction of sp³-hybridized carbons (Fsp3) is 0.286. The van der Waals surface area contributed by atoms with Gasteiger partial charge in [0.25, 0.3) is 5.91 Å². The van der Waals surface area contributed by atoms with E-state index in [0.717, 1.165) is 62.1 Å². The van der Waals surface area contributed by atoms with Gasteiger partial charge < -0.3 is 20.8 Å². The van der Waals surface area contributed by atoms with Crippen molar-refractivity contribution >= 4 is 22.6 Å². The van der Waals surface area contributed by atoms with Gasteiger partial charge in [0.15, 0.2) is 0 Å². The summed E-state index contributed by atoms with van der Waals surface area (Å²) in [6.45, 7) is 10.6. The molecule has 0 saturated heterocycles. The van der Waals surface area contributed by atoms with E-state index in [1.165, 1.54) is 0 Å². The molecular weight excluding hydrogens is 424 g/mol. The minimum absolute atomic E-state index is 0.140. The number of carbonyl (C=O) groups excluding carboxylic acids is 1. The molecule has 0 saturated carbocycles. The van der Waals surface area contributed by atoms with Crippen LogP contribution in [0.2, 0.25) is 0 Å². The van der Waals surface area contributed by atoms with E-state index >= 15 is 0 Å². The van der Waals surface area contributed by atoms with Crippen LogP contribution < -0.4 is 21.7 Å². The van der Waals surface area contributed by atoms with Crippen molar-refractivity contribution in [3.63, 3.8) is 0 Å². The Morgan fingerprint density at radius 2 is 1.82 bits per heavy atom. The summed E-state index contributed by atoms with van der Waals surface area (Å²) in [6.07, 6.45) is 0. The van der Waals surface area contributed by atoms with Gasteiger partial charge in [0, 0.05) is 66.1 Å². The number of benzene rings is 3. The first-order valence-electron chi connectivity index (χ1n) is 11.8. The lowest BCUT2D eigenvalue weighted by Gasteiger charge is -2.20. The van der Waals surface area contributed by atoms with Gasteiger partial charge >= 0.3 is 0 Å². The Labute approximate surface area is 200 Å². The molecule has 34 heavy (non-hydrogen) atoms. The summed E-state index contributed by atoms with van der Waals surface area (Å²) in [5.41, 5.74) is 13.0. The number of amides is 1. The maximum Gasteiger partial charge on any atom is 0.251 e. The van der Waals surface area contributed by atoms with E-state index in [9.17, 15) is 4.79 Å². The molecule has 0 bridgehead atoms. The number of carbonyl (C=O) groups is 1. The minimum atomic E-state index is -0.140. The zero-order valence-electron chi connectivity index (χ0n) is 20.3. The molecule has 2 aromatic rings.